The number of hydrogen-bond acceptors (Lipinski definition) is 5. The van der Waals surface area contributed by atoms with Gasteiger partial charge in [-0.1, -0.05) is 12.1 Å². The zero-order valence-corrected chi connectivity index (χ0v) is 13.1. The molecule has 7 heteroatoms. The molecule has 1 aromatic carbocycles. The van der Waals surface area contributed by atoms with Crippen LogP contribution in [0.15, 0.2) is 35.2 Å². The molecule has 1 aliphatic rings. The number of rotatable bonds is 4. The lowest BCUT2D eigenvalue weighted by Crippen LogP contribution is -2.22. The highest BCUT2D eigenvalue weighted by Crippen LogP contribution is 2.35. The zero-order valence-electron chi connectivity index (χ0n) is 12.3. The second-order valence-corrected chi connectivity index (χ2v) is 5.73. The van der Waals surface area contributed by atoms with Crippen LogP contribution in [0.5, 0.6) is 11.5 Å². The SMILES string of the molecule is COc1cccc2c1OCC(C(=O)Nc1sccc1C(N)=O)=C2. The molecule has 2 aromatic rings. The van der Waals surface area contributed by atoms with Crippen LogP contribution in [0.2, 0.25) is 0 Å². The lowest BCUT2D eigenvalue weighted by atomic mass is 10.1. The molecular weight excluding hydrogens is 316 g/mol. The first-order chi connectivity index (χ1) is 11.1. The van der Waals surface area contributed by atoms with Gasteiger partial charge in [-0.3, -0.25) is 9.59 Å². The van der Waals surface area contributed by atoms with Crippen molar-refractivity contribution in [1.82, 2.24) is 0 Å². The quantitative estimate of drug-likeness (QED) is 0.900. The summed E-state index contributed by atoms with van der Waals surface area (Å²) in [4.78, 5) is 23.7. The van der Waals surface area contributed by atoms with Crippen molar-refractivity contribution in [3.8, 4) is 11.5 Å². The molecule has 0 saturated heterocycles. The average Bonchev–Trinajstić information content (AvgIpc) is 3.02. The van der Waals surface area contributed by atoms with E-state index >= 15 is 0 Å². The summed E-state index contributed by atoms with van der Waals surface area (Å²) >= 11 is 1.24. The van der Waals surface area contributed by atoms with Gasteiger partial charge in [-0.15, -0.1) is 11.3 Å². The molecule has 0 atom stereocenters. The number of anilines is 1. The van der Waals surface area contributed by atoms with Crippen LogP contribution in [0.4, 0.5) is 5.00 Å². The second-order valence-electron chi connectivity index (χ2n) is 4.82. The summed E-state index contributed by atoms with van der Waals surface area (Å²) in [6.07, 6.45) is 1.74. The van der Waals surface area contributed by atoms with Gasteiger partial charge < -0.3 is 20.5 Å². The number of primary amides is 1. The van der Waals surface area contributed by atoms with Gasteiger partial charge in [0.05, 0.1) is 18.2 Å². The topological polar surface area (TPSA) is 90.7 Å². The van der Waals surface area contributed by atoms with Crippen LogP contribution in [0, 0.1) is 0 Å². The van der Waals surface area contributed by atoms with Crippen molar-refractivity contribution in [2.24, 2.45) is 5.73 Å². The number of carbonyl (C=O) groups excluding carboxylic acids is 2. The van der Waals surface area contributed by atoms with E-state index in [1.807, 2.05) is 12.1 Å². The van der Waals surface area contributed by atoms with Crippen molar-refractivity contribution in [3.05, 3.63) is 46.3 Å². The van der Waals surface area contributed by atoms with Crippen LogP contribution in [0.25, 0.3) is 6.08 Å². The minimum absolute atomic E-state index is 0.122. The molecule has 3 rings (SSSR count). The number of para-hydroxylation sites is 1. The Labute approximate surface area is 136 Å². The monoisotopic (exact) mass is 330 g/mol. The summed E-state index contributed by atoms with van der Waals surface area (Å²) < 4.78 is 10.9. The average molecular weight is 330 g/mol. The fourth-order valence-electron chi connectivity index (χ4n) is 2.26. The third kappa shape index (κ3) is 2.91. The number of benzene rings is 1. The molecule has 0 unspecified atom stereocenters. The third-order valence-corrected chi connectivity index (χ3v) is 4.21. The van der Waals surface area contributed by atoms with Gasteiger partial charge >= 0.3 is 0 Å². The van der Waals surface area contributed by atoms with Crippen molar-refractivity contribution in [3.63, 3.8) is 0 Å². The lowest BCUT2D eigenvalue weighted by molar-refractivity contribution is -0.113. The predicted octanol–water partition coefficient (Wildman–Crippen LogP) is 2.27. The summed E-state index contributed by atoms with van der Waals surface area (Å²) in [7, 11) is 1.56. The normalized spacial score (nSPS) is 12.7. The minimum atomic E-state index is -0.578. The Morgan fingerprint density at radius 3 is 2.91 bits per heavy atom. The molecule has 23 heavy (non-hydrogen) atoms. The third-order valence-electron chi connectivity index (χ3n) is 3.38. The highest BCUT2D eigenvalue weighted by atomic mass is 32.1. The molecule has 0 bridgehead atoms. The molecule has 0 fully saturated rings. The number of methoxy groups -OCH3 is 1. The van der Waals surface area contributed by atoms with E-state index in [1.54, 1.807) is 30.7 Å². The number of nitrogens with two attached hydrogens (primary N) is 1. The second kappa shape index (κ2) is 6.13. The minimum Gasteiger partial charge on any atom is -0.493 e. The smallest absolute Gasteiger partial charge is 0.255 e. The Bertz CT molecular complexity index is 810. The van der Waals surface area contributed by atoms with E-state index in [-0.39, 0.29) is 12.5 Å². The molecule has 0 aliphatic carbocycles. The summed E-state index contributed by atoms with van der Waals surface area (Å²) in [6.45, 7) is 0.122. The Hall–Kier alpha value is -2.80. The summed E-state index contributed by atoms with van der Waals surface area (Å²) in [5, 5.41) is 4.83. The number of thiophene rings is 1. The predicted molar refractivity (Wildman–Crippen MR) is 87.9 cm³/mol. The van der Waals surface area contributed by atoms with Crippen molar-refractivity contribution in [1.29, 1.82) is 0 Å². The number of carbonyl (C=O) groups is 2. The maximum absolute atomic E-state index is 12.4. The first-order valence-corrected chi connectivity index (χ1v) is 7.67. The molecular formula is C16H14N2O4S. The zero-order chi connectivity index (χ0) is 16.4. The van der Waals surface area contributed by atoms with E-state index in [0.717, 1.165) is 5.56 Å². The van der Waals surface area contributed by atoms with Crippen LogP contribution in [-0.4, -0.2) is 25.5 Å². The van der Waals surface area contributed by atoms with Crippen molar-refractivity contribution < 1.29 is 19.1 Å². The summed E-state index contributed by atoms with van der Waals surface area (Å²) in [5.41, 5.74) is 6.78. The number of hydrogen-bond donors (Lipinski definition) is 2. The van der Waals surface area contributed by atoms with Crippen LogP contribution in [0.1, 0.15) is 15.9 Å². The van der Waals surface area contributed by atoms with Gasteiger partial charge in [-0.2, -0.15) is 0 Å². The Balaban J connectivity index is 1.84. The first-order valence-electron chi connectivity index (χ1n) is 6.79. The highest BCUT2D eigenvalue weighted by Gasteiger charge is 2.21. The molecule has 6 nitrogen and oxygen atoms in total. The van der Waals surface area contributed by atoms with E-state index in [2.05, 4.69) is 5.32 Å². The van der Waals surface area contributed by atoms with E-state index in [9.17, 15) is 9.59 Å². The molecule has 0 spiro atoms. The van der Waals surface area contributed by atoms with E-state index in [4.69, 9.17) is 15.2 Å². The molecule has 2 amide bonds. The van der Waals surface area contributed by atoms with Gasteiger partial charge in [0.2, 0.25) is 0 Å². The van der Waals surface area contributed by atoms with Gasteiger partial charge in [-0.05, 0) is 23.6 Å². The van der Waals surface area contributed by atoms with Crippen LogP contribution >= 0.6 is 11.3 Å². The van der Waals surface area contributed by atoms with Crippen LogP contribution in [-0.2, 0) is 4.79 Å². The molecule has 1 aromatic heterocycles. The van der Waals surface area contributed by atoms with Crippen LogP contribution < -0.4 is 20.5 Å². The van der Waals surface area contributed by atoms with E-state index in [0.29, 0.717) is 27.6 Å². The molecule has 2 heterocycles. The van der Waals surface area contributed by atoms with Crippen molar-refractivity contribution >= 4 is 34.2 Å². The maximum Gasteiger partial charge on any atom is 0.255 e. The first kappa shape index (κ1) is 15.1. The van der Waals surface area contributed by atoms with Gasteiger partial charge in [0, 0.05) is 5.56 Å². The Kier molecular flexibility index (Phi) is 4.03. The molecule has 3 N–H and O–H groups in total. The summed E-state index contributed by atoms with van der Waals surface area (Å²) in [5.74, 6) is 0.321. The largest absolute Gasteiger partial charge is 0.493 e. The van der Waals surface area contributed by atoms with Gasteiger partial charge in [-0.25, -0.2) is 0 Å². The molecule has 1 aliphatic heterocycles. The van der Waals surface area contributed by atoms with Crippen molar-refractivity contribution in [2.45, 2.75) is 0 Å². The van der Waals surface area contributed by atoms with Crippen LogP contribution in [0.3, 0.4) is 0 Å². The standard InChI is InChI=1S/C16H14N2O4S/c1-21-12-4-2-3-9-7-10(8-22-13(9)12)15(20)18-16-11(14(17)19)5-6-23-16/h2-7H,8H2,1H3,(H2,17,19)(H,18,20). The molecule has 118 valence electrons. The fourth-order valence-corrected chi connectivity index (χ4v) is 3.04. The van der Waals surface area contributed by atoms with E-state index in [1.165, 1.54) is 11.3 Å². The lowest BCUT2D eigenvalue weighted by Gasteiger charge is -2.19. The number of fused-ring (bicyclic) bond motifs is 1. The van der Waals surface area contributed by atoms with Crippen molar-refractivity contribution in [2.75, 3.05) is 19.0 Å². The Morgan fingerprint density at radius 1 is 1.35 bits per heavy atom. The summed E-state index contributed by atoms with van der Waals surface area (Å²) in [6, 6.07) is 7.03. The number of amides is 2. The van der Waals surface area contributed by atoms with Gasteiger partial charge in [0.15, 0.2) is 11.5 Å². The highest BCUT2D eigenvalue weighted by molar-refractivity contribution is 7.14. The van der Waals surface area contributed by atoms with E-state index < -0.39 is 5.91 Å². The molecule has 0 radical (unpaired) electrons. The van der Waals surface area contributed by atoms with Gasteiger partial charge in [0.1, 0.15) is 11.6 Å². The Morgan fingerprint density at radius 2 is 2.17 bits per heavy atom. The fraction of sp³-hybridized carbons (Fsp3) is 0.125. The van der Waals surface area contributed by atoms with Gasteiger partial charge in [0.25, 0.3) is 11.8 Å². The number of ether oxygens (including phenoxy) is 2. The number of nitrogens with one attached hydrogen (secondary N) is 1. The maximum atomic E-state index is 12.4. The molecule has 0 saturated carbocycles.